The molecule has 1 atom stereocenters. The predicted octanol–water partition coefficient (Wildman–Crippen LogP) is 1.91. The van der Waals surface area contributed by atoms with Crippen LogP contribution in [0.1, 0.15) is 30.3 Å². The second kappa shape index (κ2) is 7.27. The van der Waals surface area contributed by atoms with E-state index in [2.05, 4.69) is 14.9 Å². The summed E-state index contributed by atoms with van der Waals surface area (Å²) in [7, 11) is 3.31. The molecule has 1 aliphatic heterocycles. The van der Waals surface area contributed by atoms with Crippen LogP contribution in [0, 0.1) is 11.7 Å². The summed E-state index contributed by atoms with van der Waals surface area (Å²) in [5.74, 6) is 0.528. The molecule has 0 bridgehead atoms. The molecule has 3 heterocycles. The van der Waals surface area contributed by atoms with E-state index < -0.39 is 11.9 Å². The van der Waals surface area contributed by atoms with Crippen molar-refractivity contribution < 1.29 is 14.2 Å². The van der Waals surface area contributed by atoms with Crippen molar-refractivity contribution >= 4 is 0 Å². The van der Waals surface area contributed by atoms with Crippen LogP contribution in [0.4, 0.5) is 4.39 Å². The molecule has 1 N–H and O–H groups in total. The second-order valence-corrected chi connectivity index (χ2v) is 6.25. The number of likely N-dealkylation sites (tertiary alicyclic amines) is 1. The Bertz CT molecular complexity index is 683. The van der Waals surface area contributed by atoms with Crippen LogP contribution in [0.5, 0.6) is 5.88 Å². The lowest BCUT2D eigenvalue weighted by Crippen LogP contribution is -2.35. The molecule has 2 aromatic heterocycles. The van der Waals surface area contributed by atoms with Crippen molar-refractivity contribution in [1.82, 2.24) is 19.4 Å². The standard InChI is InChI=1S/C17H23FN4O2/c1-21-10-7-19-16(21)15(23)12-4-8-22(9-5-12)11-13-3-6-20-17(24-2)14(13)18/h3,6-7,10,12,15,23H,4-5,8-9,11H2,1-2H3. The molecule has 1 aliphatic rings. The molecular weight excluding hydrogens is 311 g/mol. The first-order chi connectivity index (χ1) is 11.6. The number of aliphatic hydroxyl groups excluding tert-OH is 1. The third-order valence-electron chi connectivity index (χ3n) is 4.73. The number of methoxy groups -OCH3 is 1. The highest BCUT2D eigenvalue weighted by molar-refractivity contribution is 5.23. The molecule has 0 spiro atoms. The van der Waals surface area contributed by atoms with Crippen molar-refractivity contribution in [3.63, 3.8) is 0 Å². The van der Waals surface area contributed by atoms with Crippen LogP contribution >= 0.6 is 0 Å². The van der Waals surface area contributed by atoms with E-state index in [-0.39, 0.29) is 11.8 Å². The number of aryl methyl sites for hydroxylation is 1. The van der Waals surface area contributed by atoms with E-state index in [0.29, 0.717) is 17.9 Å². The Morgan fingerprint density at radius 2 is 2.08 bits per heavy atom. The molecule has 0 amide bonds. The van der Waals surface area contributed by atoms with Gasteiger partial charge in [0.1, 0.15) is 11.9 Å². The fraction of sp³-hybridized carbons (Fsp3) is 0.529. The first kappa shape index (κ1) is 16.9. The third-order valence-corrected chi connectivity index (χ3v) is 4.73. The summed E-state index contributed by atoms with van der Waals surface area (Å²) < 4.78 is 21.0. The maximum atomic E-state index is 14.2. The molecule has 6 nitrogen and oxygen atoms in total. The number of aliphatic hydroxyl groups is 1. The predicted molar refractivity (Wildman–Crippen MR) is 86.9 cm³/mol. The third kappa shape index (κ3) is 3.42. The van der Waals surface area contributed by atoms with E-state index >= 15 is 0 Å². The summed E-state index contributed by atoms with van der Waals surface area (Å²) in [5.41, 5.74) is 0.588. The van der Waals surface area contributed by atoms with E-state index in [0.717, 1.165) is 25.9 Å². The van der Waals surface area contributed by atoms with Gasteiger partial charge in [-0.2, -0.15) is 0 Å². The molecule has 130 valence electrons. The van der Waals surface area contributed by atoms with Crippen LogP contribution in [0.25, 0.3) is 0 Å². The highest BCUT2D eigenvalue weighted by Gasteiger charge is 2.28. The summed E-state index contributed by atoms with van der Waals surface area (Å²) in [4.78, 5) is 10.3. The van der Waals surface area contributed by atoms with Gasteiger partial charge in [-0.05, 0) is 37.9 Å². The van der Waals surface area contributed by atoms with E-state index in [9.17, 15) is 9.50 Å². The van der Waals surface area contributed by atoms with E-state index in [1.54, 1.807) is 18.5 Å². The van der Waals surface area contributed by atoms with Gasteiger partial charge in [0, 0.05) is 37.7 Å². The van der Waals surface area contributed by atoms with Gasteiger partial charge in [-0.1, -0.05) is 0 Å². The molecule has 1 unspecified atom stereocenters. The fourth-order valence-corrected chi connectivity index (χ4v) is 3.27. The van der Waals surface area contributed by atoms with Gasteiger partial charge in [-0.3, -0.25) is 4.90 Å². The lowest BCUT2D eigenvalue weighted by atomic mass is 9.90. The zero-order valence-corrected chi connectivity index (χ0v) is 14.0. The van der Waals surface area contributed by atoms with E-state index in [1.807, 2.05) is 17.8 Å². The maximum Gasteiger partial charge on any atom is 0.250 e. The zero-order valence-electron chi connectivity index (χ0n) is 14.0. The number of hydrogen-bond donors (Lipinski definition) is 1. The first-order valence-corrected chi connectivity index (χ1v) is 8.15. The maximum absolute atomic E-state index is 14.2. The Morgan fingerprint density at radius 1 is 1.33 bits per heavy atom. The number of imidazole rings is 1. The normalized spacial score (nSPS) is 17.8. The molecule has 2 aromatic rings. The van der Waals surface area contributed by atoms with Crippen LogP contribution in [0.2, 0.25) is 0 Å². The Morgan fingerprint density at radius 3 is 2.71 bits per heavy atom. The van der Waals surface area contributed by atoms with Gasteiger partial charge in [-0.15, -0.1) is 0 Å². The topological polar surface area (TPSA) is 63.4 Å². The van der Waals surface area contributed by atoms with E-state index in [4.69, 9.17) is 4.74 Å². The van der Waals surface area contributed by atoms with Crippen LogP contribution in [-0.2, 0) is 13.6 Å². The summed E-state index contributed by atoms with van der Waals surface area (Å²) in [6.45, 7) is 2.16. The van der Waals surface area contributed by atoms with E-state index in [1.165, 1.54) is 7.11 Å². The number of aromatic nitrogens is 3. The molecule has 0 aliphatic carbocycles. The monoisotopic (exact) mass is 334 g/mol. The average Bonchev–Trinajstić information content (AvgIpc) is 3.03. The summed E-state index contributed by atoms with van der Waals surface area (Å²) >= 11 is 0. The van der Waals surface area contributed by atoms with Crippen molar-refractivity contribution in [3.05, 3.63) is 41.9 Å². The second-order valence-electron chi connectivity index (χ2n) is 6.25. The minimum absolute atomic E-state index is 0.0348. The lowest BCUT2D eigenvalue weighted by Gasteiger charge is -2.34. The Kier molecular flexibility index (Phi) is 5.11. The molecule has 0 radical (unpaired) electrons. The van der Waals surface area contributed by atoms with Crippen molar-refractivity contribution in [3.8, 4) is 5.88 Å². The molecule has 7 heteroatoms. The van der Waals surface area contributed by atoms with Crippen LogP contribution in [0.3, 0.4) is 0 Å². The molecule has 0 saturated carbocycles. The SMILES string of the molecule is COc1nccc(CN2CCC(C(O)c3nccn3C)CC2)c1F. The molecule has 24 heavy (non-hydrogen) atoms. The van der Waals surface area contributed by atoms with Gasteiger partial charge < -0.3 is 14.4 Å². The molecule has 0 aromatic carbocycles. The number of piperidine rings is 1. The number of rotatable bonds is 5. The molecular formula is C17H23FN4O2. The van der Waals surface area contributed by atoms with Crippen LogP contribution in [-0.4, -0.2) is 44.7 Å². The quantitative estimate of drug-likeness (QED) is 0.905. The molecule has 1 saturated heterocycles. The number of pyridine rings is 1. The highest BCUT2D eigenvalue weighted by Crippen LogP contribution is 2.30. The van der Waals surface area contributed by atoms with Crippen molar-refractivity contribution in [2.75, 3.05) is 20.2 Å². The van der Waals surface area contributed by atoms with Gasteiger partial charge in [0.2, 0.25) is 5.88 Å². The smallest absolute Gasteiger partial charge is 0.250 e. The highest BCUT2D eigenvalue weighted by atomic mass is 19.1. The minimum Gasteiger partial charge on any atom is -0.479 e. The van der Waals surface area contributed by atoms with Gasteiger partial charge in [-0.25, -0.2) is 14.4 Å². The number of halogens is 1. The van der Waals surface area contributed by atoms with Gasteiger partial charge in [0.15, 0.2) is 5.82 Å². The van der Waals surface area contributed by atoms with Gasteiger partial charge in [0.05, 0.1) is 7.11 Å². The molecule has 1 fully saturated rings. The summed E-state index contributed by atoms with van der Waals surface area (Å²) in [6.07, 6.45) is 6.27. The van der Waals surface area contributed by atoms with Gasteiger partial charge in [0.25, 0.3) is 0 Å². The Balaban J connectivity index is 1.59. The number of ether oxygens (including phenoxy) is 1. The zero-order chi connectivity index (χ0) is 17.1. The van der Waals surface area contributed by atoms with Gasteiger partial charge >= 0.3 is 0 Å². The lowest BCUT2D eigenvalue weighted by molar-refractivity contribution is 0.0489. The summed E-state index contributed by atoms with van der Waals surface area (Å²) in [5, 5.41) is 10.5. The average molecular weight is 334 g/mol. The fourth-order valence-electron chi connectivity index (χ4n) is 3.27. The summed E-state index contributed by atoms with van der Waals surface area (Å²) in [6, 6.07) is 1.69. The number of nitrogens with zero attached hydrogens (tertiary/aromatic N) is 4. The van der Waals surface area contributed by atoms with Crippen LogP contribution < -0.4 is 4.74 Å². The molecule has 3 rings (SSSR count). The minimum atomic E-state index is -0.551. The Hall–Kier alpha value is -1.99. The van der Waals surface area contributed by atoms with Crippen molar-refractivity contribution in [2.24, 2.45) is 13.0 Å². The largest absolute Gasteiger partial charge is 0.479 e. The van der Waals surface area contributed by atoms with Crippen molar-refractivity contribution in [1.29, 1.82) is 0 Å². The number of hydrogen-bond acceptors (Lipinski definition) is 5. The Labute approximate surface area is 140 Å². The first-order valence-electron chi connectivity index (χ1n) is 8.15. The van der Waals surface area contributed by atoms with Crippen molar-refractivity contribution in [2.45, 2.75) is 25.5 Å². The van der Waals surface area contributed by atoms with Crippen LogP contribution in [0.15, 0.2) is 24.7 Å².